The lowest BCUT2D eigenvalue weighted by Crippen LogP contribution is -2.51. The molecule has 1 aliphatic heterocycles. The molecular formula is C20H23N5O4. The maximum atomic E-state index is 13.0. The number of aromatic nitrogens is 3. The van der Waals surface area contributed by atoms with Gasteiger partial charge in [-0.3, -0.25) is 14.0 Å². The molecule has 1 N–H and O–H groups in total. The molecule has 0 aliphatic carbocycles. The average Bonchev–Trinajstić information content (AvgIpc) is 3.12. The highest BCUT2D eigenvalue weighted by atomic mass is 16.6. The van der Waals surface area contributed by atoms with Crippen LogP contribution in [0.1, 0.15) is 31.3 Å². The third-order valence-electron chi connectivity index (χ3n) is 4.82. The van der Waals surface area contributed by atoms with Gasteiger partial charge in [0.2, 0.25) is 0 Å². The van der Waals surface area contributed by atoms with E-state index in [1.807, 2.05) is 39.0 Å². The number of amides is 2. The summed E-state index contributed by atoms with van der Waals surface area (Å²) in [6.07, 6.45) is 1.11. The van der Waals surface area contributed by atoms with E-state index in [0.717, 1.165) is 5.52 Å². The number of H-pyrrole nitrogens is 1. The Morgan fingerprint density at radius 3 is 2.41 bits per heavy atom. The van der Waals surface area contributed by atoms with Crippen LogP contribution in [0.4, 0.5) is 4.79 Å². The molecule has 2 amide bonds. The van der Waals surface area contributed by atoms with E-state index in [-0.39, 0.29) is 28.8 Å². The Balaban J connectivity index is 1.56. The second kappa shape index (κ2) is 6.91. The number of carbonyl (C=O) groups is 2. The largest absolute Gasteiger partial charge is 0.444 e. The smallest absolute Gasteiger partial charge is 0.410 e. The quantitative estimate of drug-likeness (QED) is 0.676. The van der Waals surface area contributed by atoms with E-state index in [0.29, 0.717) is 31.7 Å². The van der Waals surface area contributed by atoms with Crippen molar-refractivity contribution in [3.63, 3.8) is 0 Å². The SMILES string of the molecule is CC(C)(C)OC(=O)N1CCN(C(=O)c2ncn3c2c(=O)[nH]c2ccccc23)CC1. The fourth-order valence-corrected chi connectivity index (χ4v) is 3.44. The number of piperazine rings is 1. The Morgan fingerprint density at radius 2 is 1.72 bits per heavy atom. The summed E-state index contributed by atoms with van der Waals surface area (Å²) in [4.78, 5) is 48.0. The molecule has 3 aromatic rings. The van der Waals surface area contributed by atoms with Crippen LogP contribution in [0.2, 0.25) is 0 Å². The maximum absolute atomic E-state index is 13.0. The van der Waals surface area contributed by atoms with Crippen LogP contribution >= 0.6 is 0 Å². The second-order valence-corrected chi connectivity index (χ2v) is 8.04. The van der Waals surface area contributed by atoms with Crippen LogP contribution in [-0.4, -0.2) is 67.9 Å². The third kappa shape index (κ3) is 3.55. The van der Waals surface area contributed by atoms with E-state index in [1.165, 1.54) is 6.33 Å². The molecule has 1 fully saturated rings. The molecule has 152 valence electrons. The Morgan fingerprint density at radius 1 is 1.07 bits per heavy atom. The molecule has 4 rings (SSSR count). The van der Waals surface area contributed by atoms with E-state index >= 15 is 0 Å². The standard InChI is InChI=1S/C20H23N5O4/c1-20(2,3)29-19(28)24-10-8-23(9-11-24)18(27)15-16-17(26)22-13-6-4-5-7-14(13)25(16)12-21-15/h4-7,12H,8-11H2,1-3H3,(H,22,26). The summed E-state index contributed by atoms with van der Waals surface area (Å²) in [7, 11) is 0. The van der Waals surface area contributed by atoms with E-state index in [2.05, 4.69) is 9.97 Å². The van der Waals surface area contributed by atoms with E-state index in [4.69, 9.17) is 4.74 Å². The fraction of sp³-hybridized carbons (Fsp3) is 0.400. The number of imidazole rings is 1. The molecule has 0 spiro atoms. The van der Waals surface area contributed by atoms with Crippen molar-refractivity contribution in [2.75, 3.05) is 26.2 Å². The summed E-state index contributed by atoms with van der Waals surface area (Å²) in [5.74, 6) is -0.322. The number of nitrogens with zero attached hydrogens (tertiary/aromatic N) is 4. The predicted octanol–water partition coefficient (Wildman–Crippen LogP) is 1.87. The molecule has 1 saturated heterocycles. The molecule has 1 aromatic carbocycles. The minimum Gasteiger partial charge on any atom is -0.444 e. The van der Waals surface area contributed by atoms with Gasteiger partial charge in [0, 0.05) is 26.2 Å². The van der Waals surface area contributed by atoms with Gasteiger partial charge < -0.3 is 19.5 Å². The summed E-state index contributed by atoms with van der Waals surface area (Å²) >= 11 is 0. The molecule has 0 unspecified atom stereocenters. The van der Waals surface area contributed by atoms with Gasteiger partial charge in [0.05, 0.1) is 11.0 Å². The number of rotatable bonds is 1. The van der Waals surface area contributed by atoms with Crippen LogP contribution in [0, 0.1) is 0 Å². The summed E-state index contributed by atoms with van der Waals surface area (Å²) in [6, 6.07) is 7.34. The minimum atomic E-state index is -0.566. The normalized spacial score (nSPS) is 15.1. The van der Waals surface area contributed by atoms with Gasteiger partial charge >= 0.3 is 6.09 Å². The highest BCUT2D eigenvalue weighted by Gasteiger charge is 2.30. The van der Waals surface area contributed by atoms with Gasteiger partial charge in [-0.1, -0.05) is 12.1 Å². The summed E-state index contributed by atoms with van der Waals surface area (Å²) in [6.45, 7) is 6.88. The molecule has 0 atom stereocenters. The molecular weight excluding hydrogens is 374 g/mol. The van der Waals surface area contributed by atoms with Crippen LogP contribution in [-0.2, 0) is 4.74 Å². The number of hydrogen-bond donors (Lipinski definition) is 1. The van der Waals surface area contributed by atoms with Gasteiger partial charge in [-0.15, -0.1) is 0 Å². The number of carbonyl (C=O) groups excluding carboxylic acids is 2. The zero-order valence-electron chi connectivity index (χ0n) is 16.6. The van der Waals surface area contributed by atoms with Crippen molar-refractivity contribution < 1.29 is 14.3 Å². The van der Waals surface area contributed by atoms with Gasteiger partial charge in [0.1, 0.15) is 17.4 Å². The predicted molar refractivity (Wildman–Crippen MR) is 107 cm³/mol. The first kappa shape index (κ1) is 19.0. The zero-order valence-corrected chi connectivity index (χ0v) is 16.6. The molecule has 1 aliphatic rings. The number of ether oxygens (including phenoxy) is 1. The highest BCUT2D eigenvalue weighted by Crippen LogP contribution is 2.17. The monoisotopic (exact) mass is 397 g/mol. The lowest BCUT2D eigenvalue weighted by atomic mass is 10.2. The maximum Gasteiger partial charge on any atom is 0.410 e. The van der Waals surface area contributed by atoms with Crippen LogP contribution in [0.15, 0.2) is 35.4 Å². The van der Waals surface area contributed by atoms with Crippen LogP contribution in [0.3, 0.4) is 0 Å². The molecule has 9 nitrogen and oxygen atoms in total. The molecule has 0 radical (unpaired) electrons. The van der Waals surface area contributed by atoms with Crippen LogP contribution < -0.4 is 5.56 Å². The molecule has 9 heteroatoms. The number of aromatic amines is 1. The minimum absolute atomic E-state index is 0.114. The van der Waals surface area contributed by atoms with Crippen molar-refractivity contribution in [3.8, 4) is 0 Å². The Hall–Kier alpha value is -3.36. The average molecular weight is 397 g/mol. The van der Waals surface area contributed by atoms with E-state index in [9.17, 15) is 14.4 Å². The topological polar surface area (TPSA) is 100 Å². The third-order valence-corrected chi connectivity index (χ3v) is 4.82. The number of hydrogen-bond acceptors (Lipinski definition) is 5. The van der Waals surface area contributed by atoms with Gasteiger partial charge in [-0.2, -0.15) is 0 Å². The van der Waals surface area contributed by atoms with Gasteiger partial charge in [0.25, 0.3) is 11.5 Å². The zero-order chi connectivity index (χ0) is 20.8. The number of nitrogens with one attached hydrogen (secondary N) is 1. The van der Waals surface area contributed by atoms with Crippen molar-refractivity contribution in [3.05, 3.63) is 46.6 Å². The number of para-hydroxylation sites is 2. The summed E-state index contributed by atoms with van der Waals surface area (Å²) in [5, 5.41) is 0. The molecule has 2 aromatic heterocycles. The Kier molecular flexibility index (Phi) is 4.52. The lowest BCUT2D eigenvalue weighted by Gasteiger charge is -2.35. The van der Waals surface area contributed by atoms with E-state index in [1.54, 1.807) is 20.3 Å². The fourth-order valence-electron chi connectivity index (χ4n) is 3.44. The summed E-state index contributed by atoms with van der Waals surface area (Å²) < 4.78 is 7.02. The first-order chi connectivity index (χ1) is 13.7. The second-order valence-electron chi connectivity index (χ2n) is 8.04. The van der Waals surface area contributed by atoms with E-state index < -0.39 is 5.60 Å². The first-order valence-electron chi connectivity index (χ1n) is 9.50. The van der Waals surface area contributed by atoms with Crippen molar-refractivity contribution in [1.82, 2.24) is 24.2 Å². The van der Waals surface area contributed by atoms with Crippen LogP contribution in [0.25, 0.3) is 16.6 Å². The van der Waals surface area contributed by atoms with Crippen LogP contribution in [0.5, 0.6) is 0 Å². The summed E-state index contributed by atoms with van der Waals surface area (Å²) in [5.41, 5.74) is 0.849. The van der Waals surface area contributed by atoms with Crippen molar-refractivity contribution in [2.45, 2.75) is 26.4 Å². The van der Waals surface area contributed by atoms with Crippen molar-refractivity contribution in [2.24, 2.45) is 0 Å². The Bertz CT molecular complexity index is 1150. The van der Waals surface area contributed by atoms with Gasteiger partial charge in [0.15, 0.2) is 5.69 Å². The molecule has 29 heavy (non-hydrogen) atoms. The molecule has 0 bridgehead atoms. The first-order valence-corrected chi connectivity index (χ1v) is 9.50. The molecule has 3 heterocycles. The van der Waals surface area contributed by atoms with Gasteiger partial charge in [-0.25, -0.2) is 9.78 Å². The Labute approximate surface area is 166 Å². The van der Waals surface area contributed by atoms with Crippen molar-refractivity contribution >= 4 is 28.6 Å². The number of benzene rings is 1. The molecule has 0 saturated carbocycles. The lowest BCUT2D eigenvalue weighted by molar-refractivity contribution is 0.0140. The van der Waals surface area contributed by atoms with Gasteiger partial charge in [-0.05, 0) is 32.9 Å². The van der Waals surface area contributed by atoms with Crippen molar-refractivity contribution in [1.29, 1.82) is 0 Å². The number of fused-ring (bicyclic) bond motifs is 3. The highest BCUT2D eigenvalue weighted by molar-refractivity contribution is 6.00.